The number of carbonyl (C=O) groups excluding carboxylic acids is 1. The largest absolute Gasteiger partial charge is 0.461 e. The number of hydrogen-bond donors (Lipinski definition) is 0. The summed E-state index contributed by atoms with van der Waals surface area (Å²) in [6.45, 7) is -0.528. The lowest BCUT2D eigenvalue weighted by Crippen LogP contribution is -2.64. The van der Waals surface area contributed by atoms with Gasteiger partial charge in [0.25, 0.3) is 0 Å². The maximum Gasteiger partial charge on any atom is 0.410 e. The van der Waals surface area contributed by atoms with Gasteiger partial charge in [0, 0.05) is 6.92 Å². The summed E-state index contributed by atoms with van der Waals surface area (Å²) in [5, 5.41) is 0. The highest BCUT2D eigenvalue weighted by Crippen LogP contribution is 2.52. The Bertz CT molecular complexity index is 320. The van der Waals surface area contributed by atoms with Crippen LogP contribution in [0.15, 0.2) is 0 Å². The molecular weight excluding hydrogens is 280 g/mol. The Morgan fingerprint density at radius 1 is 0.944 bits per heavy atom. The van der Waals surface area contributed by atoms with Crippen molar-refractivity contribution in [2.24, 2.45) is 0 Å². The molecule has 0 aliphatic heterocycles. The molecule has 0 saturated carbocycles. The van der Waals surface area contributed by atoms with Gasteiger partial charge in [0.2, 0.25) is 0 Å². The minimum atomic E-state index is -6.59. The topological polar surface area (TPSA) is 26.3 Å². The molecule has 0 rings (SSSR count). The molecule has 0 aromatic rings. The van der Waals surface area contributed by atoms with Crippen LogP contribution >= 0.6 is 0 Å². The fraction of sp³-hybridized carbons (Fsp3) is 0.875. The number of carbonyl (C=O) groups is 1. The smallest absolute Gasteiger partial charge is 0.410 e. The van der Waals surface area contributed by atoms with Crippen LogP contribution in [0.5, 0.6) is 0 Å². The number of rotatable bonds is 5. The highest BCUT2D eigenvalue weighted by atomic mass is 19.4. The summed E-state index contributed by atoms with van der Waals surface area (Å²) in [6, 6.07) is 0. The highest BCUT2D eigenvalue weighted by Gasteiger charge is 2.82. The zero-order chi connectivity index (χ0) is 15.0. The van der Waals surface area contributed by atoms with Crippen LogP contribution in [0.2, 0.25) is 0 Å². The molecule has 0 fully saturated rings. The zero-order valence-corrected chi connectivity index (χ0v) is 9.05. The Morgan fingerprint density at radius 2 is 1.33 bits per heavy atom. The summed E-state index contributed by atoms with van der Waals surface area (Å²) in [5.41, 5.74) is 0. The van der Waals surface area contributed by atoms with Gasteiger partial charge in [0.1, 0.15) is 0 Å². The van der Waals surface area contributed by atoms with Crippen LogP contribution < -0.4 is 0 Å². The second-order valence-electron chi connectivity index (χ2n) is 3.33. The summed E-state index contributed by atoms with van der Waals surface area (Å²) < 4.78 is 104. The van der Waals surface area contributed by atoms with E-state index in [4.69, 9.17) is 0 Å². The molecule has 0 atom stereocenters. The molecule has 0 unspecified atom stereocenters. The van der Waals surface area contributed by atoms with E-state index in [1.165, 1.54) is 0 Å². The Labute approximate surface area is 95.9 Å². The molecule has 0 saturated heterocycles. The van der Waals surface area contributed by atoms with Gasteiger partial charge in [-0.25, -0.2) is 4.79 Å². The van der Waals surface area contributed by atoms with Gasteiger partial charge in [-0.2, -0.15) is 35.1 Å². The molecule has 0 bridgehead atoms. The average molecular weight is 288 g/mol. The summed E-state index contributed by atoms with van der Waals surface area (Å²) in [7, 11) is 0. The van der Waals surface area contributed by atoms with Gasteiger partial charge in [-0.1, -0.05) is 0 Å². The van der Waals surface area contributed by atoms with Gasteiger partial charge in [-0.3, -0.25) is 0 Å². The predicted molar refractivity (Wildman–Crippen MR) is 42.1 cm³/mol. The van der Waals surface area contributed by atoms with Crippen molar-refractivity contribution in [3.05, 3.63) is 0 Å². The minimum absolute atomic E-state index is 0.665. The van der Waals surface area contributed by atoms with E-state index >= 15 is 0 Å². The van der Waals surface area contributed by atoms with E-state index in [-0.39, 0.29) is 0 Å². The van der Waals surface area contributed by atoms with Crippen molar-refractivity contribution in [3.63, 3.8) is 0 Å². The van der Waals surface area contributed by atoms with Crippen molar-refractivity contribution in [3.8, 4) is 0 Å². The van der Waals surface area contributed by atoms with Crippen molar-refractivity contribution < 1.29 is 44.7 Å². The second-order valence-corrected chi connectivity index (χ2v) is 3.33. The average Bonchev–Trinajstić information content (AvgIpc) is 2.15. The van der Waals surface area contributed by atoms with Gasteiger partial charge in [-0.15, -0.1) is 0 Å². The third kappa shape index (κ3) is 2.37. The van der Waals surface area contributed by atoms with E-state index in [0.717, 1.165) is 6.92 Å². The van der Waals surface area contributed by atoms with E-state index in [9.17, 15) is 39.9 Å². The quantitative estimate of drug-likeness (QED) is 0.574. The summed E-state index contributed by atoms with van der Waals surface area (Å²) >= 11 is 0. The fourth-order valence-corrected chi connectivity index (χ4v) is 0.823. The Kier molecular flexibility index (Phi) is 4.27. The summed E-state index contributed by atoms with van der Waals surface area (Å²) in [6.07, 6.45) is 0. The van der Waals surface area contributed by atoms with Crippen LogP contribution in [0.3, 0.4) is 0 Å². The molecule has 108 valence electrons. The molecule has 0 radical (unpaired) electrons. The van der Waals surface area contributed by atoms with Crippen LogP contribution in [0.1, 0.15) is 13.8 Å². The SMILES string of the molecule is CCOC(=O)C(F)(F)C(F)(F)C(F)(F)C(C)(F)F. The lowest BCUT2D eigenvalue weighted by atomic mass is 10.00. The maximum absolute atomic E-state index is 12.8. The first-order valence-electron chi connectivity index (χ1n) is 4.42. The molecular formula is C8H8F8O2. The zero-order valence-electron chi connectivity index (χ0n) is 9.05. The highest BCUT2D eigenvalue weighted by molar-refractivity contribution is 5.79. The molecule has 0 aromatic carbocycles. The van der Waals surface area contributed by atoms with Crippen molar-refractivity contribution in [2.45, 2.75) is 37.5 Å². The third-order valence-corrected chi connectivity index (χ3v) is 1.87. The van der Waals surface area contributed by atoms with E-state index in [0.29, 0.717) is 0 Å². The summed E-state index contributed by atoms with van der Waals surface area (Å²) in [5.74, 6) is -27.5. The number of hydrogen-bond acceptors (Lipinski definition) is 2. The van der Waals surface area contributed by atoms with E-state index in [1.54, 1.807) is 0 Å². The predicted octanol–water partition coefficient (Wildman–Crippen LogP) is 3.11. The van der Waals surface area contributed by atoms with Crippen LogP contribution in [-0.2, 0) is 9.53 Å². The van der Waals surface area contributed by atoms with Crippen molar-refractivity contribution in [1.82, 2.24) is 0 Å². The molecule has 0 heterocycles. The van der Waals surface area contributed by atoms with Gasteiger partial charge in [0.05, 0.1) is 6.61 Å². The van der Waals surface area contributed by atoms with Crippen LogP contribution in [0, 0.1) is 0 Å². The standard InChI is InChI=1S/C8H8F8O2/c1-3-18-4(17)6(11,12)8(15,16)7(13,14)5(2,9)10/h3H2,1-2H3. The molecule has 0 amide bonds. The molecule has 0 spiro atoms. The first kappa shape index (κ1) is 16.9. The molecule has 2 nitrogen and oxygen atoms in total. The van der Waals surface area contributed by atoms with Crippen molar-refractivity contribution in [1.29, 1.82) is 0 Å². The van der Waals surface area contributed by atoms with Gasteiger partial charge in [-0.05, 0) is 6.92 Å². The summed E-state index contributed by atoms with van der Waals surface area (Å²) in [4.78, 5) is 10.5. The minimum Gasteiger partial charge on any atom is -0.461 e. The van der Waals surface area contributed by atoms with Crippen LogP contribution in [0.25, 0.3) is 0 Å². The number of alkyl halides is 8. The molecule has 10 heteroatoms. The third-order valence-electron chi connectivity index (χ3n) is 1.87. The van der Waals surface area contributed by atoms with Crippen LogP contribution in [-0.4, -0.2) is 36.3 Å². The number of halogens is 8. The number of ether oxygens (including phenoxy) is 1. The Balaban J connectivity index is 5.57. The number of esters is 1. The molecule has 0 N–H and O–H groups in total. The van der Waals surface area contributed by atoms with E-state index < -0.39 is 43.2 Å². The Morgan fingerprint density at radius 3 is 1.61 bits per heavy atom. The molecule has 18 heavy (non-hydrogen) atoms. The van der Waals surface area contributed by atoms with Crippen molar-refractivity contribution >= 4 is 5.97 Å². The normalized spacial score (nSPS) is 14.6. The van der Waals surface area contributed by atoms with Crippen molar-refractivity contribution in [2.75, 3.05) is 6.61 Å². The van der Waals surface area contributed by atoms with E-state index in [1.807, 2.05) is 0 Å². The van der Waals surface area contributed by atoms with Crippen LogP contribution in [0.4, 0.5) is 35.1 Å². The lowest BCUT2D eigenvalue weighted by molar-refractivity contribution is -0.356. The van der Waals surface area contributed by atoms with Gasteiger partial charge < -0.3 is 4.74 Å². The molecule has 0 aromatic heterocycles. The Hall–Kier alpha value is -1.09. The van der Waals surface area contributed by atoms with Gasteiger partial charge in [0.15, 0.2) is 0 Å². The van der Waals surface area contributed by atoms with E-state index in [2.05, 4.69) is 4.74 Å². The molecule has 0 aliphatic rings. The second kappa shape index (κ2) is 4.54. The maximum atomic E-state index is 12.8. The monoisotopic (exact) mass is 288 g/mol. The lowest BCUT2D eigenvalue weighted by Gasteiger charge is -2.34. The van der Waals surface area contributed by atoms with Gasteiger partial charge >= 0.3 is 29.7 Å². The first-order chi connectivity index (χ1) is 7.73. The fourth-order valence-electron chi connectivity index (χ4n) is 0.823. The first-order valence-corrected chi connectivity index (χ1v) is 4.42. The molecule has 0 aliphatic carbocycles.